The molecule has 8 heteroatoms. The molecule has 0 radical (unpaired) electrons. The fraction of sp³-hybridized carbons (Fsp3) is 0.650. The first-order chi connectivity index (χ1) is 13.2. The Morgan fingerprint density at radius 1 is 1.14 bits per heavy atom. The number of halogens is 1. The van der Waals surface area contributed by atoms with Gasteiger partial charge in [-0.15, -0.1) is 24.0 Å². The van der Waals surface area contributed by atoms with Crippen molar-refractivity contribution >= 4 is 29.9 Å². The minimum atomic E-state index is 0. The number of nitrogens with zero attached hydrogens (tertiary/aromatic N) is 2. The van der Waals surface area contributed by atoms with Crippen molar-refractivity contribution in [2.75, 3.05) is 46.7 Å². The molecule has 7 nitrogen and oxygen atoms in total. The van der Waals surface area contributed by atoms with Gasteiger partial charge in [-0.1, -0.05) is 19.9 Å². The number of nitrogens with one attached hydrogen (secondary N) is 2. The van der Waals surface area contributed by atoms with Gasteiger partial charge in [-0.2, -0.15) is 0 Å². The number of fused-ring (bicyclic) bond motifs is 1. The van der Waals surface area contributed by atoms with Gasteiger partial charge < -0.3 is 24.8 Å². The predicted octanol–water partition coefficient (Wildman–Crippen LogP) is 2.45. The number of hydrogen-bond donors (Lipinski definition) is 2. The molecule has 1 saturated heterocycles. The van der Waals surface area contributed by atoms with Crippen LogP contribution in [0.4, 0.5) is 0 Å². The minimum absolute atomic E-state index is 0. The smallest absolute Gasteiger partial charge is 0.231 e. The maximum atomic E-state index is 5.50. The highest BCUT2D eigenvalue weighted by Gasteiger charge is 2.22. The number of hydrogen-bond acceptors (Lipinski definition) is 5. The molecule has 2 aliphatic heterocycles. The van der Waals surface area contributed by atoms with E-state index < -0.39 is 0 Å². The lowest BCUT2D eigenvalue weighted by molar-refractivity contribution is 0.0132. The number of rotatable bonds is 7. The van der Waals surface area contributed by atoms with E-state index >= 15 is 0 Å². The van der Waals surface area contributed by atoms with Crippen molar-refractivity contribution in [3.05, 3.63) is 23.8 Å². The molecule has 1 unspecified atom stereocenters. The molecule has 2 N–H and O–H groups in total. The highest BCUT2D eigenvalue weighted by Crippen LogP contribution is 2.32. The van der Waals surface area contributed by atoms with Crippen molar-refractivity contribution in [2.24, 2.45) is 10.9 Å². The molecule has 0 bridgehead atoms. The Morgan fingerprint density at radius 3 is 2.61 bits per heavy atom. The van der Waals surface area contributed by atoms with Crippen LogP contribution in [0.2, 0.25) is 0 Å². The SMILES string of the molecule is CN=C(NCc1ccc2c(c1)OCO2)NCC(CC(C)C)N1CCOCC1.I. The standard InChI is InChI=1S/C20H32N4O3.HI/c1-15(2)10-17(24-6-8-25-9-7-24)13-23-20(21-3)22-12-16-4-5-18-19(11-16)27-14-26-18;/h4-5,11,15,17H,6-10,12-14H2,1-3H3,(H2,21,22,23);1H. The molecule has 0 amide bonds. The fourth-order valence-corrected chi connectivity index (χ4v) is 3.52. The maximum absolute atomic E-state index is 5.50. The summed E-state index contributed by atoms with van der Waals surface area (Å²) in [6.07, 6.45) is 1.16. The molecule has 158 valence electrons. The zero-order chi connectivity index (χ0) is 19.1. The summed E-state index contributed by atoms with van der Waals surface area (Å²) in [6.45, 7) is 10.1. The molecule has 1 aromatic rings. The monoisotopic (exact) mass is 504 g/mol. The molecule has 0 aliphatic carbocycles. The van der Waals surface area contributed by atoms with E-state index in [2.05, 4.69) is 34.4 Å². The Hall–Kier alpha value is -1.26. The quantitative estimate of drug-likeness (QED) is 0.338. The van der Waals surface area contributed by atoms with Crippen molar-refractivity contribution in [1.29, 1.82) is 0 Å². The van der Waals surface area contributed by atoms with E-state index in [0.29, 0.717) is 25.3 Å². The van der Waals surface area contributed by atoms with Crippen LogP contribution in [0.1, 0.15) is 25.8 Å². The van der Waals surface area contributed by atoms with Crippen LogP contribution in [0.3, 0.4) is 0 Å². The van der Waals surface area contributed by atoms with Gasteiger partial charge in [-0.25, -0.2) is 0 Å². The number of aliphatic imine (C=N–C) groups is 1. The third-order valence-corrected chi connectivity index (χ3v) is 4.93. The van der Waals surface area contributed by atoms with E-state index in [1.54, 1.807) is 7.05 Å². The molecular weight excluding hydrogens is 471 g/mol. The second-order valence-electron chi connectivity index (χ2n) is 7.43. The van der Waals surface area contributed by atoms with Crippen LogP contribution in [-0.4, -0.2) is 63.6 Å². The molecule has 2 heterocycles. The summed E-state index contributed by atoms with van der Waals surface area (Å²) in [5.74, 6) is 3.09. The molecule has 28 heavy (non-hydrogen) atoms. The molecular formula is C20H33IN4O3. The normalized spacial score (nSPS) is 17.9. The minimum Gasteiger partial charge on any atom is -0.454 e. The molecule has 0 spiro atoms. The molecule has 2 aliphatic rings. The van der Waals surface area contributed by atoms with E-state index in [1.165, 1.54) is 0 Å². The van der Waals surface area contributed by atoms with Crippen LogP contribution >= 0.6 is 24.0 Å². The zero-order valence-electron chi connectivity index (χ0n) is 17.1. The predicted molar refractivity (Wildman–Crippen MR) is 122 cm³/mol. The Bertz CT molecular complexity index is 636. The summed E-state index contributed by atoms with van der Waals surface area (Å²) in [6, 6.07) is 6.49. The number of benzene rings is 1. The molecule has 1 aromatic carbocycles. The largest absolute Gasteiger partial charge is 0.454 e. The number of morpholine rings is 1. The number of guanidine groups is 1. The van der Waals surface area contributed by atoms with Crippen LogP contribution < -0.4 is 20.1 Å². The van der Waals surface area contributed by atoms with Gasteiger partial charge in [0.2, 0.25) is 6.79 Å². The summed E-state index contributed by atoms with van der Waals surface area (Å²) < 4.78 is 16.3. The summed E-state index contributed by atoms with van der Waals surface area (Å²) in [5.41, 5.74) is 1.13. The Labute approximate surface area is 185 Å². The van der Waals surface area contributed by atoms with E-state index in [9.17, 15) is 0 Å². The average molecular weight is 504 g/mol. The van der Waals surface area contributed by atoms with Crippen LogP contribution in [0.5, 0.6) is 11.5 Å². The fourth-order valence-electron chi connectivity index (χ4n) is 3.52. The Morgan fingerprint density at radius 2 is 1.89 bits per heavy atom. The van der Waals surface area contributed by atoms with Crippen molar-refractivity contribution in [3.8, 4) is 11.5 Å². The summed E-state index contributed by atoms with van der Waals surface area (Å²) >= 11 is 0. The highest BCUT2D eigenvalue weighted by molar-refractivity contribution is 14.0. The maximum Gasteiger partial charge on any atom is 0.231 e. The molecule has 1 atom stereocenters. The first-order valence-electron chi connectivity index (χ1n) is 9.80. The van der Waals surface area contributed by atoms with Gasteiger partial charge in [0.15, 0.2) is 17.5 Å². The van der Waals surface area contributed by atoms with Gasteiger partial charge in [-0.05, 0) is 30.0 Å². The van der Waals surface area contributed by atoms with Gasteiger partial charge in [-0.3, -0.25) is 9.89 Å². The van der Waals surface area contributed by atoms with Crippen molar-refractivity contribution in [2.45, 2.75) is 32.9 Å². The van der Waals surface area contributed by atoms with Gasteiger partial charge in [0, 0.05) is 39.3 Å². The number of ether oxygens (including phenoxy) is 3. The second kappa shape index (κ2) is 11.7. The van der Waals surface area contributed by atoms with Gasteiger partial charge >= 0.3 is 0 Å². The van der Waals surface area contributed by atoms with E-state index in [1.807, 2.05) is 18.2 Å². The van der Waals surface area contributed by atoms with Crippen LogP contribution in [0.25, 0.3) is 0 Å². The molecule has 0 aromatic heterocycles. The summed E-state index contributed by atoms with van der Waals surface area (Å²) in [7, 11) is 1.81. The highest BCUT2D eigenvalue weighted by atomic mass is 127. The summed E-state index contributed by atoms with van der Waals surface area (Å²) in [5, 5.41) is 6.88. The van der Waals surface area contributed by atoms with Crippen LogP contribution in [0.15, 0.2) is 23.2 Å². The lowest BCUT2D eigenvalue weighted by Crippen LogP contribution is -2.50. The molecule has 0 saturated carbocycles. The van der Waals surface area contributed by atoms with Gasteiger partial charge in [0.05, 0.1) is 13.2 Å². The summed E-state index contributed by atoms with van der Waals surface area (Å²) in [4.78, 5) is 6.90. The van der Waals surface area contributed by atoms with Crippen LogP contribution in [-0.2, 0) is 11.3 Å². The molecule has 3 rings (SSSR count). The van der Waals surface area contributed by atoms with E-state index in [-0.39, 0.29) is 24.0 Å². The second-order valence-corrected chi connectivity index (χ2v) is 7.43. The zero-order valence-corrected chi connectivity index (χ0v) is 19.4. The first-order valence-corrected chi connectivity index (χ1v) is 9.80. The lowest BCUT2D eigenvalue weighted by atomic mass is 10.0. The van der Waals surface area contributed by atoms with Crippen molar-refractivity contribution in [3.63, 3.8) is 0 Å². The van der Waals surface area contributed by atoms with Gasteiger partial charge in [0.1, 0.15) is 0 Å². The van der Waals surface area contributed by atoms with Crippen molar-refractivity contribution in [1.82, 2.24) is 15.5 Å². The first kappa shape index (κ1) is 23.0. The average Bonchev–Trinajstić information content (AvgIpc) is 3.15. The lowest BCUT2D eigenvalue weighted by Gasteiger charge is -2.35. The van der Waals surface area contributed by atoms with Gasteiger partial charge in [0.25, 0.3) is 0 Å². The third kappa shape index (κ3) is 6.66. The van der Waals surface area contributed by atoms with E-state index in [4.69, 9.17) is 14.2 Å². The Balaban J connectivity index is 0.00000280. The van der Waals surface area contributed by atoms with E-state index in [0.717, 1.165) is 62.3 Å². The topological polar surface area (TPSA) is 67.4 Å². The van der Waals surface area contributed by atoms with Crippen molar-refractivity contribution < 1.29 is 14.2 Å². The third-order valence-electron chi connectivity index (χ3n) is 4.93. The Kier molecular flexibility index (Phi) is 9.60. The molecule has 1 fully saturated rings. The van der Waals surface area contributed by atoms with Crippen LogP contribution in [0, 0.1) is 5.92 Å².